The van der Waals surface area contributed by atoms with E-state index in [1.165, 1.54) is 13.0 Å². The molecule has 0 saturated heterocycles. The first kappa shape index (κ1) is 20.8. The molecule has 0 spiro atoms. The van der Waals surface area contributed by atoms with Gasteiger partial charge in [0.15, 0.2) is 5.78 Å². The molecule has 7 nitrogen and oxygen atoms in total. The number of ketones is 1. The van der Waals surface area contributed by atoms with Gasteiger partial charge in [-0.1, -0.05) is 18.2 Å². The van der Waals surface area contributed by atoms with E-state index >= 15 is 0 Å². The van der Waals surface area contributed by atoms with Gasteiger partial charge in [-0.15, -0.1) is 0 Å². The summed E-state index contributed by atoms with van der Waals surface area (Å²) in [6.45, 7) is 1.47. The average molecular weight is 381 g/mol. The van der Waals surface area contributed by atoms with Crippen LogP contribution in [0.5, 0.6) is 0 Å². The summed E-state index contributed by atoms with van der Waals surface area (Å²) >= 11 is 0. The van der Waals surface area contributed by atoms with Gasteiger partial charge in [0.2, 0.25) is 17.7 Å². The van der Waals surface area contributed by atoms with Gasteiger partial charge in [0, 0.05) is 35.3 Å². The van der Waals surface area contributed by atoms with Gasteiger partial charge in [-0.25, -0.2) is 0 Å². The summed E-state index contributed by atoms with van der Waals surface area (Å²) < 4.78 is 0. The number of unbranched alkanes of at least 4 members (excludes halogenated alkanes) is 1. The lowest BCUT2D eigenvalue weighted by Gasteiger charge is -2.07. The second-order valence-electron chi connectivity index (χ2n) is 6.39. The maximum atomic E-state index is 12.0. The van der Waals surface area contributed by atoms with Gasteiger partial charge < -0.3 is 16.4 Å². The Morgan fingerprint density at radius 1 is 0.786 bits per heavy atom. The van der Waals surface area contributed by atoms with Crippen molar-refractivity contribution in [3.8, 4) is 0 Å². The van der Waals surface area contributed by atoms with Gasteiger partial charge in [0.25, 0.3) is 0 Å². The zero-order valence-electron chi connectivity index (χ0n) is 15.7. The van der Waals surface area contributed by atoms with Gasteiger partial charge in [-0.05, 0) is 50.1 Å². The molecule has 0 atom stereocenters. The number of benzene rings is 2. The normalized spacial score (nSPS) is 10.2. The Morgan fingerprint density at radius 2 is 1.25 bits per heavy atom. The van der Waals surface area contributed by atoms with Crippen LogP contribution in [-0.2, 0) is 9.59 Å². The zero-order chi connectivity index (χ0) is 20.5. The largest absolute Gasteiger partial charge is 0.366 e. The summed E-state index contributed by atoms with van der Waals surface area (Å²) in [4.78, 5) is 46.5. The van der Waals surface area contributed by atoms with Gasteiger partial charge >= 0.3 is 0 Å². The van der Waals surface area contributed by atoms with Crippen LogP contribution in [0, 0.1) is 0 Å². The molecule has 0 aromatic heterocycles. The second kappa shape index (κ2) is 10.0. The van der Waals surface area contributed by atoms with Crippen LogP contribution < -0.4 is 16.4 Å². The van der Waals surface area contributed by atoms with Crippen LogP contribution in [0.1, 0.15) is 53.3 Å². The number of nitrogens with two attached hydrogens (primary N) is 1. The highest BCUT2D eigenvalue weighted by Gasteiger charge is 2.08. The molecule has 4 N–H and O–H groups in total. The topological polar surface area (TPSA) is 118 Å². The van der Waals surface area contributed by atoms with Crippen molar-refractivity contribution >= 4 is 34.9 Å². The van der Waals surface area contributed by atoms with Crippen LogP contribution in [0.15, 0.2) is 48.5 Å². The maximum Gasteiger partial charge on any atom is 0.248 e. The number of primary amides is 1. The molecule has 146 valence electrons. The first-order chi connectivity index (χ1) is 13.3. The monoisotopic (exact) mass is 381 g/mol. The fourth-order valence-corrected chi connectivity index (χ4v) is 2.58. The number of nitrogens with one attached hydrogen (secondary N) is 2. The highest BCUT2D eigenvalue weighted by atomic mass is 16.2. The van der Waals surface area contributed by atoms with Crippen molar-refractivity contribution in [3.63, 3.8) is 0 Å². The molecule has 0 aliphatic carbocycles. The molecule has 0 fully saturated rings. The number of amides is 3. The standard InChI is InChI=1S/C21H23N3O4/c1-14(25)15-6-4-8-17(12-15)23-19(26)10-2-3-11-20(27)24-18-9-5-7-16(13-18)21(22)28/h4-9,12-13H,2-3,10-11H2,1H3,(H2,22,28)(H,23,26)(H,24,27). The number of anilines is 2. The Balaban J connectivity index is 1.72. The number of Topliss-reactive ketones (excluding diaryl/α,β-unsaturated/α-hetero) is 1. The van der Waals surface area contributed by atoms with Crippen LogP contribution in [0.2, 0.25) is 0 Å². The Bertz CT molecular complexity index is 819. The molecule has 2 aromatic rings. The quantitative estimate of drug-likeness (QED) is 0.457. The average Bonchev–Trinajstić information content (AvgIpc) is 2.65. The van der Waals surface area contributed by atoms with Gasteiger partial charge in [-0.3, -0.25) is 19.2 Å². The molecule has 0 radical (unpaired) electrons. The number of hydrogen-bond acceptors (Lipinski definition) is 4. The van der Waals surface area contributed by atoms with E-state index in [9.17, 15) is 19.2 Å². The van der Waals surface area contributed by atoms with E-state index in [4.69, 9.17) is 5.73 Å². The molecule has 3 amide bonds. The summed E-state index contributed by atoms with van der Waals surface area (Å²) in [6, 6.07) is 13.2. The first-order valence-electron chi connectivity index (χ1n) is 8.96. The molecular weight excluding hydrogens is 358 g/mol. The predicted molar refractivity (Wildman–Crippen MR) is 107 cm³/mol. The summed E-state index contributed by atoms with van der Waals surface area (Å²) in [5.74, 6) is -0.995. The van der Waals surface area contributed by atoms with Crippen molar-refractivity contribution in [2.45, 2.75) is 32.6 Å². The number of carbonyl (C=O) groups is 4. The molecule has 0 saturated carbocycles. The minimum Gasteiger partial charge on any atom is -0.366 e. The Labute approximate surface area is 163 Å². The Hall–Kier alpha value is -3.48. The number of rotatable bonds is 9. The molecular formula is C21H23N3O4. The van der Waals surface area contributed by atoms with Crippen LogP contribution in [0.4, 0.5) is 11.4 Å². The van der Waals surface area contributed by atoms with Crippen molar-refractivity contribution in [1.82, 2.24) is 0 Å². The minimum atomic E-state index is -0.559. The first-order valence-corrected chi connectivity index (χ1v) is 8.96. The zero-order valence-corrected chi connectivity index (χ0v) is 15.7. The Kier molecular flexibility index (Phi) is 7.45. The Morgan fingerprint density at radius 3 is 1.71 bits per heavy atom. The van der Waals surface area contributed by atoms with E-state index in [0.29, 0.717) is 35.3 Å². The lowest BCUT2D eigenvalue weighted by Crippen LogP contribution is -2.15. The fourth-order valence-electron chi connectivity index (χ4n) is 2.58. The van der Waals surface area contributed by atoms with Gasteiger partial charge in [0.05, 0.1) is 0 Å². The summed E-state index contributed by atoms with van der Waals surface area (Å²) in [7, 11) is 0. The highest BCUT2D eigenvalue weighted by Crippen LogP contribution is 2.13. The van der Waals surface area contributed by atoms with Crippen LogP contribution in [0.3, 0.4) is 0 Å². The SMILES string of the molecule is CC(=O)c1cccc(NC(=O)CCCCC(=O)Nc2cccc(C(N)=O)c2)c1. The van der Waals surface area contributed by atoms with Crippen molar-refractivity contribution in [2.24, 2.45) is 5.73 Å². The maximum absolute atomic E-state index is 12.0. The number of carbonyl (C=O) groups excluding carboxylic acids is 4. The molecule has 0 aliphatic heterocycles. The van der Waals surface area contributed by atoms with Crippen molar-refractivity contribution < 1.29 is 19.2 Å². The molecule has 7 heteroatoms. The van der Waals surface area contributed by atoms with E-state index < -0.39 is 5.91 Å². The predicted octanol–water partition coefficient (Wildman–Crippen LogP) is 3.13. The molecule has 0 heterocycles. The lowest BCUT2D eigenvalue weighted by molar-refractivity contribution is -0.118. The lowest BCUT2D eigenvalue weighted by atomic mass is 10.1. The van der Waals surface area contributed by atoms with E-state index in [-0.39, 0.29) is 30.4 Å². The van der Waals surface area contributed by atoms with Gasteiger partial charge in [-0.2, -0.15) is 0 Å². The molecule has 2 aromatic carbocycles. The fraction of sp³-hybridized carbons (Fsp3) is 0.238. The third-order valence-electron chi connectivity index (χ3n) is 4.04. The molecule has 0 bridgehead atoms. The minimum absolute atomic E-state index is 0.0662. The van der Waals surface area contributed by atoms with E-state index in [1.54, 1.807) is 42.5 Å². The van der Waals surface area contributed by atoms with Crippen molar-refractivity contribution in [2.75, 3.05) is 10.6 Å². The second-order valence-corrected chi connectivity index (χ2v) is 6.39. The summed E-state index contributed by atoms with van der Waals surface area (Å²) in [5.41, 5.74) is 7.15. The van der Waals surface area contributed by atoms with Crippen LogP contribution in [-0.4, -0.2) is 23.5 Å². The van der Waals surface area contributed by atoms with Crippen LogP contribution in [0.25, 0.3) is 0 Å². The molecule has 2 rings (SSSR count). The third kappa shape index (κ3) is 6.68. The van der Waals surface area contributed by atoms with E-state index in [2.05, 4.69) is 10.6 Å². The number of hydrogen-bond donors (Lipinski definition) is 3. The van der Waals surface area contributed by atoms with Crippen molar-refractivity contribution in [1.29, 1.82) is 0 Å². The van der Waals surface area contributed by atoms with E-state index in [1.807, 2.05) is 0 Å². The van der Waals surface area contributed by atoms with Crippen LogP contribution >= 0.6 is 0 Å². The summed E-state index contributed by atoms with van der Waals surface area (Å²) in [5, 5.41) is 5.45. The van der Waals surface area contributed by atoms with Gasteiger partial charge in [0.1, 0.15) is 0 Å². The third-order valence-corrected chi connectivity index (χ3v) is 4.04. The smallest absolute Gasteiger partial charge is 0.248 e. The van der Waals surface area contributed by atoms with Crippen molar-refractivity contribution in [3.05, 3.63) is 59.7 Å². The van der Waals surface area contributed by atoms with E-state index in [0.717, 1.165) is 0 Å². The highest BCUT2D eigenvalue weighted by molar-refractivity contribution is 5.97. The molecule has 28 heavy (non-hydrogen) atoms. The molecule has 0 unspecified atom stereocenters. The summed E-state index contributed by atoms with van der Waals surface area (Å²) in [6.07, 6.45) is 1.62. The molecule has 0 aliphatic rings.